The molecule has 0 bridgehead atoms. The standard InChI is InChI=1S/C5H9BrO3/c1-4(3-6)9-5(7)8-2/h4H,3H2,1-2H3. The second-order valence-corrected chi connectivity index (χ2v) is 2.18. The molecule has 3 nitrogen and oxygen atoms in total. The number of ether oxygens (including phenoxy) is 2. The van der Waals surface area contributed by atoms with Gasteiger partial charge < -0.3 is 9.47 Å². The zero-order valence-electron chi connectivity index (χ0n) is 5.39. The molecule has 0 amide bonds. The quantitative estimate of drug-likeness (QED) is 0.497. The molecule has 0 aromatic carbocycles. The molecule has 0 spiro atoms. The van der Waals surface area contributed by atoms with E-state index in [-0.39, 0.29) is 6.10 Å². The van der Waals surface area contributed by atoms with E-state index in [2.05, 4.69) is 25.4 Å². The van der Waals surface area contributed by atoms with Gasteiger partial charge in [0.25, 0.3) is 0 Å². The molecule has 0 radical (unpaired) electrons. The lowest BCUT2D eigenvalue weighted by Crippen LogP contribution is -2.15. The molecule has 0 aromatic heterocycles. The van der Waals surface area contributed by atoms with Crippen LogP contribution in [0.1, 0.15) is 6.92 Å². The number of halogens is 1. The third-order valence-electron chi connectivity index (χ3n) is 0.681. The van der Waals surface area contributed by atoms with Crippen LogP contribution in [-0.2, 0) is 9.47 Å². The normalized spacial score (nSPS) is 12.3. The van der Waals surface area contributed by atoms with Crippen LogP contribution >= 0.6 is 15.9 Å². The van der Waals surface area contributed by atoms with E-state index in [0.29, 0.717) is 5.33 Å². The summed E-state index contributed by atoms with van der Waals surface area (Å²) in [5.41, 5.74) is 0. The van der Waals surface area contributed by atoms with Gasteiger partial charge in [0, 0.05) is 5.33 Å². The molecule has 1 atom stereocenters. The van der Waals surface area contributed by atoms with Crippen LogP contribution in [-0.4, -0.2) is 24.7 Å². The van der Waals surface area contributed by atoms with E-state index < -0.39 is 6.16 Å². The fourth-order valence-corrected chi connectivity index (χ4v) is 0.376. The van der Waals surface area contributed by atoms with Crippen molar-refractivity contribution in [2.75, 3.05) is 12.4 Å². The van der Waals surface area contributed by atoms with Crippen LogP contribution in [0.4, 0.5) is 4.79 Å². The van der Waals surface area contributed by atoms with Crippen molar-refractivity contribution in [1.82, 2.24) is 0 Å². The molecular formula is C5H9BrO3. The first kappa shape index (κ1) is 8.75. The Labute approximate surface area is 62.5 Å². The second kappa shape index (κ2) is 4.61. The van der Waals surface area contributed by atoms with Crippen molar-refractivity contribution in [2.45, 2.75) is 13.0 Å². The van der Waals surface area contributed by atoms with Crippen LogP contribution in [0, 0.1) is 0 Å². The van der Waals surface area contributed by atoms with Gasteiger partial charge in [0.15, 0.2) is 0 Å². The fraction of sp³-hybridized carbons (Fsp3) is 0.800. The topological polar surface area (TPSA) is 35.5 Å². The monoisotopic (exact) mass is 196 g/mol. The summed E-state index contributed by atoms with van der Waals surface area (Å²) in [6.45, 7) is 1.77. The highest BCUT2D eigenvalue weighted by molar-refractivity contribution is 9.09. The molecule has 0 aliphatic carbocycles. The maximum Gasteiger partial charge on any atom is 0.508 e. The average Bonchev–Trinajstić information content (AvgIpc) is 1.87. The van der Waals surface area contributed by atoms with Crippen LogP contribution < -0.4 is 0 Å². The number of hydrogen-bond donors (Lipinski definition) is 0. The van der Waals surface area contributed by atoms with Crippen LogP contribution in [0.15, 0.2) is 0 Å². The Morgan fingerprint density at radius 3 is 2.67 bits per heavy atom. The molecule has 0 saturated heterocycles. The fourth-order valence-electron chi connectivity index (χ4n) is 0.244. The van der Waals surface area contributed by atoms with Crippen molar-refractivity contribution in [3.8, 4) is 0 Å². The van der Waals surface area contributed by atoms with Crippen molar-refractivity contribution < 1.29 is 14.3 Å². The summed E-state index contributed by atoms with van der Waals surface area (Å²) in [5.74, 6) is 0. The van der Waals surface area contributed by atoms with Gasteiger partial charge >= 0.3 is 6.16 Å². The minimum absolute atomic E-state index is 0.127. The van der Waals surface area contributed by atoms with Crippen LogP contribution in [0.5, 0.6) is 0 Å². The van der Waals surface area contributed by atoms with Crippen molar-refractivity contribution in [1.29, 1.82) is 0 Å². The SMILES string of the molecule is COC(=O)OC(C)CBr. The lowest BCUT2D eigenvalue weighted by atomic mass is 10.5. The largest absolute Gasteiger partial charge is 0.508 e. The molecule has 0 aliphatic heterocycles. The summed E-state index contributed by atoms with van der Waals surface area (Å²) in [6, 6.07) is 0. The first-order chi connectivity index (χ1) is 4.20. The van der Waals surface area contributed by atoms with Gasteiger partial charge in [-0.2, -0.15) is 0 Å². The van der Waals surface area contributed by atoms with E-state index in [9.17, 15) is 4.79 Å². The van der Waals surface area contributed by atoms with Gasteiger partial charge in [-0.3, -0.25) is 0 Å². The minimum atomic E-state index is -0.637. The molecule has 9 heavy (non-hydrogen) atoms. The molecule has 0 saturated carbocycles. The van der Waals surface area contributed by atoms with Gasteiger partial charge in [-0.1, -0.05) is 15.9 Å². The number of hydrogen-bond acceptors (Lipinski definition) is 3. The Kier molecular flexibility index (Phi) is 4.48. The molecule has 0 aliphatic rings. The van der Waals surface area contributed by atoms with Crippen molar-refractivity contribution in [3.63, 3.8) is 0 Å². The molecule has 0 fully saturated rings. The van der Waals surface area contributed by atoms with Crippen molar-refractivity contribution in [3.05, 3.63) is 0 Å². The lowest BCUT2D eigenvalue weighted by Gasteiger charge is -2.06. The lowest BCUT2D eigenvalue weighted by molar-refractivity contribution is 0.0514. The number of carbonyl (C=O) groups excluding carboxylic acids is 1. The highest BCUT2D eigenvalue weighted by atomic mass is 79.9. The predicted molar refractivity (Wildman–Crippen MR) is 36.7 cm³/mol. The molecule has 4 heteroatoms. The Balaban J connectivity index is 3.34. The van der Waals surface area contributed by atoms with E-state index in [1.165, 1.54) is 7.11 Å². The zero-order valence-corrected chi connectivity index (χ0v) is 6.97. The zero-order chi connectivity index (χ0) is 7.28. The summed E-state index contributed by atoms with van der Waals surface area (Å²) >= 11 is 3.14. The van der Waals surface area contributed by atoms with Gasteiger partial charge in [-0.25, -0.2) is 4.79 Å². The van der Waals surface area contributed by atoms with Crippen LogP contribution in [0.3, 0.4) is 0 Å². The van der Waals surface area contributed by atoms with E-state index in [0.717, 1.165) is 0 Å². The van der Waals surface area contributed by atoms with Crippen molar-refractivity contribution >= 4 is 22.1 Å². The smallest absolute Gasteiger partial charge is 0.438 e. The molecule has 1 unspecified atom stereocenters. The minimum Gasteiger partial charge on any atom is -0.438 e. The summed E-state index contributed by atoms with van der Waals surface area (Å²) in [7, 11) is 1.28. The average molecular weight is 197 g/mol. The maximum atomic E-state index is 10.3. The second-order valence-electron chi connectivity index (χ2n) is 1.54. The first-order valence-corrected chi connectivity index (χ1v) is 3.63. The Bertz CT molecular complexity index is 94.2. The maximum absolute atomic E-state index is 10.3. The Morgan fingerprint density at radius 1 is 1.78 bits per heavy atom. The third kappa shape index (κ3) is 4.27. The first-order valence-electron chi connectivity index (χ1n) is 2.51. The molecule has 0 heterocycles. The molecule has 0 rings (SSSR count). The van der Waals surface area contributed by atoms with E-state index in [1.54, 1.807) is 6.92 Å². The predicted octanol–water partition coefficient (Wildman–Crippen LogP) is 1.55. The van der Waals surface area contributed by atoms with E-state index >= 15 is 0 Å². The molecular weight excluding hydrogens is 188 g/mol. The highest BCUT2D eigenvalue weighted by Gasteiger charge is 2.05. The summed E-state index contributed by atoms with van der Waals surface area (Å²) in [5, 5.41) is 0.627. The highest BCUT2D eigenvalue weighted by Crippen LogP contribution is 1.96. The van der Waals surface area contributed by atoms with Gasteiger partial charge in [0.05, 0.1) is 7.11 Å². The van der Waals surface area contributed by atoms with Crippen LogP contribution in [0.2, 0.25) is 0 Å². The molecule has 0 N–H and O–H groups in total. The van der Waals surface area contributed by atoms with Gasteiger partial charge in [0.2, 0.25) is 0 Å². The summed E-state index contributed by atoms with van der Waals surface area (Å²) in [6.07, 6.45) is -0.764. The van der Waals surface area contributed by atoms with Crippen molar-refractivity contribution in [2.24, 2.45) is 0 Å². The van der Waals surface area contributed by atoms with Crippen LogP contribution in [0.25, 0.3) is 0 Å². The molecule has 54 valence electrons. The number of rotatable bonds is 2. The Hall–Kier alpha value is -0.250. The summed E-state index contributed by atoms with van der Waals surface area (Å²) in [4.78, 5) is 10.3. The number of methoxy groups -OCH3 is 1. The van der Waals surface area contributed by atoms with E-state index in [1.807, 2.05) is 0 Å². The number of carbonyl (C=O) groups is 1. The van der Waals surface area contributed by atoms with Gasteiger partial charge in [-0.05, 0) is 6.92 Å². The van der Waals surface area contributed by atoms with E-state index in [4.69, 9.17) is 0 Å². The summed E-state index contributed by atoms with van der Waals surface area (Å²) < 4.78 is 8.88. The Morgan fingerprint density at radius 2 is 2.33 bits per heavy atom. The van der Waals surface area contributed by atoms with Gasteiger partial charge in [0.1, 0.15) is 6.10 Å². The van der Waals surface area contributed by atoms with Gasteiger partial charge in [-0.15, -0.1) is 0 Å². The number of alkyl halides is 1. The molecule has 0 aromatic rings. The third-order valence-corrected chi connectivity index (χ3v) is 1.59.